The maximum absolute atomic E-state index is 12.0. The predicted octanol–water partition coefficient (Wildman–Crippen LogP) is 2.23. The zero-order chi connectivity index (χ0) is 12.6. The van der Waals surface area contributed by atoms with Gasteiger partial charge in [-0.2, -0.15) is 0 Å². The first-order valence-corrected chi connectivity index (χ1v) is 6.92. The molecule has 0 aliphatic rings. The average Bonchev–Trinajstić information content (AvgIpc) is 2.04. The number of halogens is 1. The van der Waals surface area contributed by atoms with E-state index in [9.17, 15) is 13.5 Å². The third-order valence-electron chi connectivity index (χ3n) is 1.64. The van der Waals surface area contributed by atoms with Gasteiger partial charge in [0.2, 0.25) is 10.0 Å². The van der Waals surface area contributed by atoms with E-state index in [2.05, 4.69) is 20.7 Å². The first-order chi connectivity index (χ1) is 7.12. The van der Waals surface area contributed by atoms with Crippen LogP contribution in [0.2, 0.25) is 0 Å². The van der Waals surface area contributed by atoms with Crippen LogP contribution in [0.1, 0.15) is 20.8 Å². The molecule has 4 nitrogen and oxygen atoms in total. The Morgan fingerprint density at radius 3 is 2.38 bits per heavy atom. The van der Waals surface area contributed by atoms with Gasteiger partial charge >= 0.3 is 0 Å². The first kappa shape index (κ1) is 13.5. The van der Waals surface area contributed by atoms with Gasteiger partial charge in [0.25, 0.3) is 0 Å². The fourth-order valence-corrected chi connectivity index (χ4v) is 3.56. The van der Waals surface area contributed by atoms with E-state index in [4.69, 9.17) is 0 Å². The number of hydrogen-bond donors (Lipinski definition) is 2. The van der Waals surface area contributed by atoms with E-state index in [1.807, 2.05) is 0 Å². The maximum Gasteiger partial charge on any atom is 0.242 e. The first-order valence-electron chi connectivity index (χ1n) is 4.64. The summed E-state index contributed by atoms with van der Waals surface area (Å²) in [5.41, 5.74) is -0.566. The van der Waals surface area contributed by atoms with Crippen LogP contribution in [0.4, 0.5) is 0 Å². The van der Waals surface area contributed by atoms with E-state index in [1.165, 1.54) is 18.2 Å². The van der Waals surface area contributed by atoms with Crippen molar-refractivity contribution in [3.63, 3.8) is 0 Å². The van der Waals surface area contributed by atoms with Crippen LogP contribution >= 0.6 is 15.9 Å². The summed E-state index contributed by atoms with van der Waals surface area (Å²) < 4.78 is 26.9. The summed E-state index contributed by atoms with van der Waals surface area (Å²) >= 11 is 3.14. The SMILES string of the molecule is CC(C)(C)NS(=O)(=O)c1cc(O)ccc1Br. The van der Waals surface area contributed by atoms with Crippen molar-refractivity contribution in [3.8, 4) is 5.75 Å². The second-order valence-corrected chi connectivity index (χ2v) is 6.98. The lowest BCUT2D eigenvalue weighted by Gasteiger charge is -2.20. The van der Waals surface area contributed by atoms with Gasteiger partial charge < -0.3 is 5.11 Å². The molecular formula is C10H14BrNO3S. The van der Waals surface area contributed by atoms with Gasteiger partial charge in [0.1, 0.15) is 5.75 Å². The molecule has 0 saturated carbocycles. The van der Waals surface area contributed by atoms with Gasteiger partial charge in [-0.05, 0) is 48.8 Å². The van der Waals surface area contributed by atoms with Crippen LogP contribution in [0.15, 0.2) is 27.6 Å². The number of aromatic hydroxyl groups is 1. The predicted molar refractivity (Wildman–Crippen MR) is 65.9 cm³/mol. The molecule has 0 aliphatic heterocycles. The molecule has 1 rings (SSSR count). The van der Waals surface area contributed by atoms with E-state index in [1.54, 1.807) is 20.8 Å². The molecule has 0 aliphatic carbocycles. The summed E-state index contributed by atoms with van der Waals surface area (Å²) in [4.78, 5) is 0.0300. The third-order valence-corrected chi connectivity index (χ3v) is 4.40. The Labute approximate surface area is 104 Å². The average molecular weight is 308 g/mol. The molecule has 0 fully saturated rings. The Morgan fingerprint density at radius 2 is 1.88 bits per heavy atom. The third kappa shape index (κ3) is 3.47. The minimum atomic E-state index is -3.63. The molecule has 0 heterocycles. The molecule has 1 aromatic carbocycles. The molecule has 16 heavy (non-hydrogen) atoms. The highest BCUT2D eigenvalue weighted by molar-refractivity contribution is 9.10. The van der Waals surface area contributed by atoms with Crippen LogP contribution in [0.3, 0.4) is 0 Å². The molecule has 0 amide bonds. The summed E-state index contributed by atoms with van der Waals surface area (Å²) in [5, 5.41) is 9.29. The lowest BCUT2D eigenvalue weighted by molar-refractivity contribution is 0.470. The molecule has 0 atom stereocenters. The second kappa shape index (κ2) is 4.35. The highest BCUT2D eigenvalue weighted by atomic mass is 79.9. The second-order valence-electron chi connectivity index (χ2n) is 4.47. The fourth-order valence-electron chi connectivity index (χ4n) is 1.16. The van der Waals surface area contributed by atoms with Gasteiger partial charge in [-0.15, -0.1) is 0 Å². The summed E-state index contributed by atoms with van der Waals surface area (Å²) in [6.07, 6.45) is 0. The number of phenols is 1. The molecule has 0 saturated heterocycles. The molecule has 0 spiro atoms. The van der Waals surface area contributed by atoms with Gasteiger partial charge in [0.15, 0.2) is 0 Å². The Balaban J connectivity index is 3.22. The molecule has 90 valence electrons. The fraction of sp³-hybridized carbons (Fsp3) is 0.400. The van der Waals surface area contributed by atoms with Crippen molar-refractivity contribution < 1.29 is 13.5 Å². The van der Waals surface area contributed by atoms with Crippen LogP contribution in [0, 0.1) is 0 Å². The number of phenolic OH excluding ortho intramolecular Hbond substituents is 1. The number of benzene rings is 1. The van der Waals surface area contributed by atoms with Gasteiger partial charge in [-0.25, -0.2) is 13.1 Å². The number of hydrogen-bond acceptors (Lipinski definition) is 3. The molecule has 2 N–H and O–H groups in total. The minimum absolute atomic E-state index is 0.0300. The summed E-state index contributed by atoms with van der Waals surface area (Å²) in [5.74, 6) is -0.0857. The minimum Gasteiger partial charge on any atom is -0.508 e. The molecular weight excluding hydrogens is 294 g/mol. The van der Waals surface area contributed by atoms with Crippen molar-refractivity contribution in [3.05, 3.63) is 22.7 Å². The molecule has 0 bridgehead atoms. The highest BCUT2D eigenvalue weighted by Crippen LogP contribution is 2.26. The quantitative estimate of drug-likeness (QED) is 0.880. The van der Waals surface area contributed by atoms with Crippen LogP contribution in [0.5, 0.6) is 5.75 Å². The largest absolute Gasteiger partial charge is 0.508 e. The van der Waals surface area contributed by atoms with Crippen LogP contribution in [-0.2, 0) is 10.0 Å². The molecule has 0 unspecified atom stereocenters. The van der Waals surface area contributed by atoms with E-state index < -0.39 is 15.6 Å². The monoisotopic (exact) mass is 307 g/mol. The van der Waals surface area contributed by atoms with Gasteiger partial charge in [-0.3, -0.25) is 0 Å². The standard InChI is InChI=1S/C10H14BrNO3S/c1-10(2,3)12-16(14,15)9-6-7(13)4-5-8(9)11/h4-6,12-13H,1-3H3. The molecule has 1 aromatic rings. The zero-order valence-electron chi connectivity index (χ0n) is 9.28. The van der Waals surface area contributed by atoms with E-state index in [0.29, 0.717) is 4.47 Å². The zero-order valence-corrected chi connectivity index (χ0v) is 11.7. The molecule has 0 aromatic heterocycles. The normalized spacial score (nSPS) is 12.8. The van der Waals surface area contributed by atoms with E-state index in [0.717, 1.165) is 0 Å². The number of nitrogens with one attached hydrogen (secondary N) is 1. The van der Waals surface area contributed by atoms with Crippen molar-refractivity contribution in [2.24, 2.45) is 0 Å². The van der Waals surface area contributed by atoms with Gasteiger partial charge in [0, 0.05) is 16.1 Å². The van der Waals surface area contributed by atoms with Gasteiger partial charge in [0.05, 0.1) is 4.90 Å². The molecule has 6 heteroatoms. The highest BCUT2D eigenvalue weighted by Gasteiger charge is 2.24. The van der Waals surface area contributed by atoms with Crippen LogP contribution < -0.4 is 4.72 Å². The topological polar surface area (TPSA) is 66.4 Å². The van der Waals surface area contributed by atoms with Crippen molar-refractivity contribution in [2.45, 2.75) is 31.2 Å². The van der Waals surface area contributed by atoms with Crippen molar-refractivity contribution >= 4 is 26.0 Å². The van der Waals surface area contributed by atoms with E-state index in [-0.39, 0.29) is 10.6 Å². The van der Waals surface area contributed by atoms with Gasteiger partial charge in [-0.1, -0.05) is 0 Å². The summed E-state index contributed by atoms with van der Waals surface area (Å²) in [6.45, 7) is 5.25. The smallest absolute Gasteiger partial charge is 0.242 e. The Morgan fingerprint density at radius 1 is 1.31 bits per heavy atom. The van der Waals surface area contributed by atoms with Crippen molar-refractivity contribution in [2.75, 3.05) is 0 Å². The summed E-state index contributed by atoms with van der Waals surface area (Å²) in [7, 11) is -3.63. The van der Waals surface area contributed by atoms with Crippen molar-refractivity contribution in [1.29, 1.82) is 0 Å². The van der Waals surface area contributed by atoms with E-state index >= 15 is 0 Å². The number of rotatable bonds is 2. The lowest BCUT2D eigenvalue weighted by Crippen LogP contribution is -2.40. The Kier molecular flexibility index (Phi) is 3.66. The summed E-state index contributed by atoms with van der Waals surface area (Å²) in [6, 6.07) is 4.12. The van der Waals surface area contributed by atoms with Crippen LogP contribution in [0.25, 0.3) is 0 Å². The van der Waals surface area contributed by atoms with Crippen LogP contribution in [-0.4, -0.2) is 19.1 Å². The molecule has 0 radical (unpaired) electrons. The lowest BCUT2D eigenvalue weighted by atomic mass is 10.1. The maximum atomic E-state index is 12.0. The number of sulfonamides is 1. The Bertz CT molecular complexity index is 491. The van der Waals surface area contributed by atoms with Crippen molar-refractivity contribution in [1.82, 2.24) is 4.72 Å². The Hall–Kier alpha value is -0.590.